The molecule has 2 saturated heterocycles. The Hall–Kier alpha value is -1.69. The number of hydrogen-bond donors (Lipinski definition) is 7. The van der Waals surface area contributed by atoms with Gasteiger partial charge in [-0.15, -0.1) is 0 Å². The summed E-state index contributed by atoms with van der Waals surface area (Å²) in [7, 11) is 1.24. The Bertz CT molecular complexity index is 924. The van der Waals surface area contributed by atoms with Gasteiger partial charge in [0.05, 0.1) is 44.2 Å². The lowest BCUT2D eigenvalue weighted by atomic mass is 9.70. The maximum Gasteiger partial charge on any atom is 0.337 e. The maximum atomic E-state index is 12.4. The summed E-state index contributed by atoms with van der Waals surface area (Å²) in [5.74, 6) is -1.27. The van der Waals surface area contributed by atoms with Crippen molar-refractivity contribution in [2.45, 2.75) is 88.0 Å². The van der Waals surface area contributed by atoms with Gasteiger partial charge in [0.2, 0.25) is 6.29 Å². The lowest BCUT2D eigenvalue weighted by molar-refractivity contribution is -0.352. The van der Waals surface area contributed by atoms with Gasteiger partial charge in [0.1, 0.15) is 42.7 Å². The van der Waals surface area contributed by atoms with Gasteiger partial charge in [-0.25, -0.2) is 4.79 Å². The third-order valence-corrected chi connectivity index (χ3v) is 7.84. The van der Waals surface area contributed by atoms with Crippen LogP contribution in [0.1, 0.15) is 20.3 Å². The molecule has 13 unspecified atom stereocenters. The Morgan fingerprint density at radius 2 is 1.63 bits per heavy atom. The summed E-state index contributed by atoms with van der Waals surface area (Å²) in [6, 6.07) is 0. The van der Waals surface area contributed by atoms with E-state index in [0.717, 1.165) is 0 Å². The molecule has 13 atom stereocenters. The minimum Gasteiger partial charge on any atom is -0.471 e. The molecule has 0 bridgehead atoms. The Labute approximate surface area is 218 Å². The number of rotatable bonds is 7. The number of fused-ring (bicyclic) bond motifs is 1. The minimum atomic E-state index is -1.72. The highest BCUT2D eigenvalue weighted by Gasteiger charge is 2.55. The van der Waals surface area contributed by atoms with Gasteiger partial charge in [-0.2, -0.15) is 0 Å². The fourth-order valence-electron chi connectivity index (χ4n) is 5.41. The van der Waals surface area contributed by atoms with Crippen molar-refractivity contribution in [3.8, 4) is 0 Å². The van der Waals surface area contributed by atoms with Crippen LogP contribution in [0.4, 0.5) is 0 Å². The predicted molar refractivity (Wildman–Crippen MR) is 122 cm³/mol. The quantitative estimate of drug-likeness (QED) is 0.125. The van der Waals surface area contributed by atoms with Crippen LogP contribution in [0.2, 0.25) is 0 Å². The topological polar surface area (TPSA) is 214 Å². The number of ether oxygens (including phenoxy) is 6. The molecule has 0 spiro atoms. The lowest BCUT2D eigenvalue weighted by Gasteiger charge is -2.46. The highest BCUT2D eigenvalue weighted by atomic mass is 16.8. The summed E-state index contributed by atoms with van der Waals surface area (Å²) in [5.41, 5.74) is -0.0784. The van der Waals surface area contributed by atoms with Crippen molar-refractivity contribution >= 4 is 5.97 Å². The molecule has 216 valence electrons. The summed E-state index contributed by atoms with van der Waals surface area (Å²) in [4.78, 5) is 12.4. The van der Waals surface area contributed by atoms with Crippen LogP contribution in [0.5, 0.6) is 0 Å². The number of carbonyl (C=O) groups is 1. The van der Waals surface area contributed by atoms with Gasteiger partial charge in [-0.3, -0.25) is 0 Å². The summed E-state index contributed by atoms with van der Waals surface area (Å²) in [6.45, 7) is 2.46. The number of aliphatic hydroxyl groups excluding tert-OH is 7. The van der Waals surface area contributed by atoms with Crippen LogP contribution >= 0.6 is 0 Å². The van der Waals surface area contributed by atoms with Crippen LogP contribution in [0.3, 0.4) is 0 Å². The molecule has 4 rings (SSSR count). The molecule has 14 heteroatoms. The first-order chi connectivity index (χ1) is 17.9. The molecule has 0 radical (unpaired) electrons. The SMILES string of the molecule is COC(=O)C1=COC(OC2OC(COC3OC(C)C(O)C(O)C3O)C(O)C(O)C2O)C2C(CO)=CCC12C. The highest BCUT2D eigenvalue weighted by Crippen LogP contribution is 2.53. The van der Waals surface area contributed by atoms with Crippen molar-refractivity contribution in [3.63, 3.8) is 0 Å². The van der Waals surface area contributed by atoms with E-state index in [4.69, 9.17) is 28.4 Å². The molecule has 3 heterocycles. The molecule has 2 fully saturated rings. The van der Waals surface area contributed by atoms with Gasteiger partial charge >= 0.3 is 5.97 Å². The number of allylic oxidation sites excluding steroid dienone is 1. The first-order valence-electron chi connectivity index (χ1n) is 12.3. The van der Waals surface area contributed by atoms with Gasteiger partial charge in [-0.05, 0) is 18.9 Å². The van der Waals surface area contributed by atoms with Gasteiger partial charge < -0.3 is 64.2 Å². The van der Waals surface area contributed by atoms with Crippen LogP contribution in [0.15, 0.2) is 23.5 Å². The lowest BCUT2D eigenvalue weighted by Crippen LogP contribution is -2.62. The highest BCUT2D eigenvalue weighted by molar-refractivity contribution is 5.90. The molecule has 14 nitrogen and oxygen atoms in total. The number of hydrogen-bond acceptors (Lipinski definition) is 14. The molecular formula is C24H36O14. The minimum absolute atomic E-state index is 0.240. The van der Waals surface area contributed by atoms with E-state index in [1.807, 2.05) is 0 Å². The Morgan fingerprint density at radius 1 is 0.974 bits per heavy atom. The largest absolute Gasteiger partial charge is 0.471 e. The van der Waals surface area contributed by atoms with Crippen LogP contribution in [0.25, 0.3) is 0 Å². The fraction of sp³-hybridized carbons (Fsp3) is 0.792. The Morgan fingerprint density at radius 3 is 2.29 bits per heavy atom. The van der Waals surface area contributed by atoms with Gasteiger partial charge in [-0.1, -0.05) is 13.0 Å². The third-order valence-electron chi connectivity index (χ3n) is 7.84. The average molecular weight is 549 g/mol. The first kappa shape index (κ1) is 29.3. The molecule has 0 saturated carbocycles. The standard InChI is InChI=1S/C24H36O14/c1-9-14(26)16(28)18(30)22(36-9)35-8-12-15(27)17(29)19(31)23(37-12)38-21-13-10(6-25)4-5-24(13,2)11(7-34-21)20(32)33-3/h4,7,9,12-19,21-23,25-31H,5-6,8H2,1-3H3. The van der Waals surface area contributed by atoms with Crippen molar-refractivity contribution in [1.29, 1.82) is 0 Å². The first-order valence-corrected chi connectivity index (χ1v) is 12.3. The van der Waals surface area contributed by atoms with Crippen molar-refractivity contribution in [1.82, 2.24) is 0 Å². The van der Waals surface area contributed by atoms with E-state index in [9.17, 15) is 40.5 Å². The van der Waals surface area contributed by atoms with Crippen molar-refractivity contribution in [2.24, 2.45) is 11.3 Å². The number of esters is 1. The predicted octanol–water partition coefficient (Wildman–Crippen LogP) is -2.99. The third kappa shape index (κ3) is 5.11. The molecule has 1 aliphatic carbocycles. The molecule has 0 amide bonds. The average Bonchev–Trinajstić information content (AvgIpc) is 3.26. The Balaban J connectivity index is 1.48. The van der Waals surface area contributed by atoms with Crippen LogP contribution < -0.4 is 0 Å². The van der Waals surface area contributed by atoms with E-state index in [1.165, 1.54) is 20.3 Å². The zero-order valence-electron chi connectivity index (χ0n) is 21.2. The van der Waals surface area contributed by atoms with Crippen molar-refractivity contribution in [2.75, 3.05) is 20.3 Å². The van der Waals surface area contributed by atoms with Gasteiger partial charge in [0.15, 0.2) is 12.6 Å². The number of aliphatic hydroxyl groups is 7. The zero-order valence-corrected chi connectivity index (χ0v) is 21.2. The molecule has 4 aliphatic rings. The fourth-order valence-corrected chi connectivity index (χ4v) is 5.41. The van der Waals surface area contributed by atoms with Crippen LogP contribution in [-0.2, 0) is 33.2 Å². The second-order valence-electron chi connectivity index (χ2n) is 10.2. The number of methoxy groups -OCH3 is 1. The monoisotopic (exact) mass is 548 g/mol. The normalized spacial score (nSPS) is 47.0. The molecule has 0 aromatic rings. The van der Waals surface area contributed by atoms with Crippen LogP contribution in [0, 0.1) is 11.3 Å². The van der Waals surface area contributed by atoms with E-state index in [0.29, 0.717) is 12.0 Å². The second-order valence-corrected chi connectivity index (χ2v) is 10.2. The van der Waals surface area contributed by atoms with Gasteiger partial charge in [0, 0.05) is 5.41 Å². The van der Waals surface area contributed by atoms with E-state index in [1.54, 1.807) is 13.0 Å². The summed E-state index contributed by atoms with van der Waals surface area (Å²) in [6.07, 6.45) is -12.4. The molecule has 3 aliphatic heterocycles. The Kier molecular flexibility index (Phi) is 8.81. The molecular weight excluding hydrogens is 512 g/mol. The maximum absolute atomic E-state index is 12.4. The smallest absolute Gasteiger partial charge is 0.337 e. The van der Waals surface area contributed by atoms with E-state index >= 15 is 0 Å². The second kappa shape index (κ2) is 11.4. The molecule has 0 aromatic heterocycles. The summed E-state index contributed by atoms with van der Waals surface area (Å²) >= 11 is 0. The summed E-state index contributed by atoms with van der Waals surface area (Å²) in [5, 5.41) is 71.4. The van der Waals surface area contributed by atoms with E-state index in [-0.39, 0.29) is 12.2 Å². The van der Waals surface area contributed by atoms with Crippen LogP contribution in [-0.4, -0.2) is 130 Å². The summed E-state index contributed by atoms with van der Waals surface area (Å²) < 4.78 is 33.0. The molecule has 7 N–H and O–H groups in total. The molecule has 0 aromatic carbocycles. The van der Waals surface area contributed by atoms with E-state index in [2.05, 4.69) is 0 Å². The van der Waals surface area contributed by atoms with Gasteiger partial charge in [0.25, 0.3) is 0 Å². The zero-order chi connectivity index (χ0) is 27.9. The van der Waals surface area contributed by atoms with Crippen molar-refractivity contribution < 1.29 is 69.0 Å². The van der Waals surface area contributed by atoms with E-state index < -0.39 is 91.6 Å². The number of carbonyl (C=O) groups excluding carboxylic acids is 1. The van der Waals surface area contributed by atoms with Crippen molar-refractivity contribution in [3.05, 3.63) is 23.5 Å². The molecule has 38 heavy (non-hydrogen) atoms.